The summed E-state index contributed by atoms with van der Waals surface area (Å²) in [6, 6.07) is 11.1. The first-order chi connectivity index (χ1) is 12.6. The van der Waals surface area contributed by atoms with Crippen LogP contribution in [0.2, 0.25) is 0 Å². The molecule has 2 heterocycles. The number of fused-ring (bicyclic) bond motifs is 1. The van der Waals surface area contributed by atoms with Crippen LogP contribution in [-0.4, -0.2) is 27.1 Å². The van der Waals surface area contributed by atoms with Crippen LogP contribution in [0.15, 0.2) is 52.8 Å². The van der Waals surface area contributed by atoms with E-state index in [0.29, 0.717) is 35.2 Å². The van der Waals surface area contributed by atoms with Crippen LogP contribution in [0.25, 0.3) is 5.65 Å². The zero-order valence-corrected chi connectivity index (χ0v) is 14.7. The van der Waals surface area contributed by atoms with E-state index in [1.165, 1.54) is 0 Å². The Balaban J connectivity index is 2.03. The number of carbonyl (C=O) groups is 1. The third-order valence-corrected chi connectivity index (χ3v) is 3.71. The van der Waals surface area contributed by atoms with Gasteiger partial charge in [0.05, 0.1) is 18.7 Å². The normalized spacial score (nSPS) is 11.3. The van der Waals surface area contributed by atoms with E-state index >= 15 is 0 Å². The van der Waals surface area contributed by atoms with Gasteiger partial charge in [-0.2, -0.15) is 0 Å². The van der Waals surface area contributed by atoms with Crippen molar-refractivity contribution < 1.29 is 14.6 Å². The number of azo groups is 1. The molecule has 1 N–H and O–H groups in total. The minimum absolute atomic E-state index is 0.219. The van der Waals surface area contributed by atoms with Crippen molar-refractivity contribution in [2.24, 2.45) is 10.2 Å². The summed E-state index contributed by atoms with van der Waals surface area (Å²) in [6.45, 7) is 4.57. The van der Waals surface area contributed by atoms with Gasteiger partial charge in [-0.15, -0.1) is 10.2 Å². The summed E-state index contributed by atoms with van der Waals surface area (Å²) in [7, 11) is 0. The smallest absolute Gasteiger partial charge is 0.309 e. The fourth-order valence-electron chi connectivity index (χ4n) is 2.53. The maximum atomic E-state index is 11.2. The molecule has 0 fully saturated rings. The fraction of sp³-hybridized carbons (Fsp3) is 0.263. The number of rotatable bonds is 7. The Labute approximate surface area is 151 Å². The number of carboxylic acid groups (broad SMARTS) is 1. The van der Waals surface area contributed by atoms with E-state index in [-0.39, 0.29) is 6.42 Å². The van der Waals surface area contributed by atoms with Crippen LogP contribution in [0.4, 0.5) is 11.5 Å². The highest BCUT2D eigenvalue weighted by Gasteiger charge is 2.15. The van der Waals surface area contributed by atoms with Gasteiger partial charge in [0.25, 0.3) is 0 Å². The lowest BCUT2D eigenvalue weighted by Crippen LogP contribution is -2.00. The number of hydrogen-bond acceptors (Lipinski definition) is 5. The van der Waals surface area contributed by atoms with Crippen LogP contribution in [0.5, 0.6) is 5.75 Å². The summed E-state index contributed by atoms with van der Waals surface area (Å²) in [5.41, 5.74) is 2.61. The quantitative estimate of drug-likeness (QED) is 0.635. The van der Waals surface area contributed by atoms with Gasteiger partial charge in [0, 0.05) is 6.20 Å². The molecule has 3 rings (SSSR count). The van der Waals surface area contributed by atoms with E-state index < -0.39 is 5.97 Å². The first-order valence-corrected chi connectivity index (χ1v) is 8.41. The number of carboxylic acids is 1. The van der Waals surface area contributed by atoms with Crippen molar-refractivity contribution in [2.75, 3.05) is 6.61 Å². The molecule has 0 aliphatic rings. The topological polar surface area (TPSA) is 88.5 Å². The monoisotopic (exact) mass is 352 g/mol. The summed E-state index contributed by atoms with van der Waals surface area (Å²) < 4.78 is 7.44. The highest BCUT2D eigenvalue weighted by molar-refractivity contribution is 5.72. The number of para-hydroxylation sites is 1. The van der Waals surface area contributed by atoms with E-state index in [9.17, 15) is 4.79 Å². The maximum absolute atomic E-state index is 11.2. The molecule has 0 spiro atoms. The summed E-state index contributed by atoms with van der Waals surface area (Å²) in [6.07, 6.45) is 2.53. The van der Waals surface area contributed by atoms with E-state index in [4.69, 9.17) is 9.84 Å². The van der Waals surface area contributed by atoms with Crippen molar-refractivity contribution in [2.45, 2.75) is 26.7 Å². The molecule has 26 heavy (non-hydrogen) atoms. The third kappa shape index (κ3) is 3.88. The zero-order chi connectivity index (χ0) is 18.5. The summed E-state index contributed by atoms with van der Waals surface area (Å²) in [4.78, 5) is 15.5. The third-order valence-electron chi connectivity index (χ3n) is 3.71. The van der Waals surface area contributed by atoms with Gasteiger partial charge in [0.2, 0.25) is 0 Å². The minimum Gasteiger partial charge on any atom is -0.491 e. The fourth-order valence-corrected chi connectivity index (χ4v) is 2.53. The average Bonchev–Trinajstić information content (AvgIpc) is 2.94. The van der Waals surface area contributed by atoms with Gasteiger partial charge in [-0.25, -0.2) is 4.98 Å². The molecule has 0 aliphatic heterocycles. The predicted octanol–water partition coefficient (Wildman–Crippen LogP) is 4.47. The lowest BCUT2D eigenvalue weighted by Gasteiger charge is -2.06. The summed E-state index contributed by atoms with van der Waals surface area (Å²) in [5.74, 6) is 0.0903. The molecule has 0 bridgehead atoms. The van der Waals surface area contributed by atoms with Crippen LogP contribution < -0.4 is 4.74 Å². The summed E-state index contributed by atoms with van der Waals surface area (Å²) >= 11 is 0. The highest BCUT2D eigenvalue weighted by Crippen LogP contribution is 2.30. The molecule has 0 radical (unpaired) electrons. The number of nitrogens with zero attached hydrogens (tertiary/aromatic N) is 4. The molecule has 7 nitrogen and oxygen atoms in total. The number of imidazole rings is 1. The number of hydrogen-bond donors (Lipinski definition) is 1. The van der Waals surface area contributed by atoms with Gasteiger partial charge in [-0.3, -0.25) is 9.20 Å². The van der Waals surface area contributed by atoms with Crippen LogP contribution in [0, 0.1) is 6.92 Å². The number of pyridine rings is 1. The lowest BCUT2D eigenvalue weighted by molar-refractivity contribution is -0.136. The molecule has 0 amide bonds. The molecule has 7 heteroatoms. The van der Waals surface area contributed by atoms with Crippen molar-refractivity contribution in [3.63, 3.8) is 0 Å². The Morgan fingerprint density at radius 2 is 2.04 bits per heavy atom. The molecule has 2 aromatic heterocycles. The molecule has 0 unspecified atom stereocenters. The molecular weight excluding hydrogens is 332 g/mol. The van der Waals surface area contributed by atoms with Crippen molar-refractivity contribution in [3.8, 4) is 5.75 Å². The molecule has 134 valence electrons. The van der Waals surface area contributed by atoms with Gasteiger partial charge in [0.15, 0.2) is 5.82 Å². The Hall–Kier alpha value is -3.22. The Morgan fingerprint density at radius 3 is 2.81 bits per heavy atom. The van der Waals surface area contributed by atoms with E-state index in [0.717, 1.165) is 12.0 Å². The second-order valence-electron chi connectivity index (χ2n) is 5.90. The molecule has 1 aromatic carbocycles. The molecule has 0 saturated carbocycles. The molecule has 0 saturated heterocycles. The molecule has 0 aliphatic carbocycles. The van der Waals surface area contributed by atoms with E-state index in [2.05, 4.69) is 15.2 Å². The second-order valence-corrected chi connectivity index (χ2v) is 5.90. The number of aromatic nitrogens is 2. The van der Waals surface area contributed by atoms with Crippen molar-refractivity contribution in [1.29, 1.82) is 0 Å². The first kappa shape index (κ1) is 17.6. The van der Waals surface area contributed by atoms with Crippen molar-refractivity contribution in [1.82, 2.24) is 9.38 Å². The minimum atomic E-state index is -0.965. The van der Waals surface area contributed by atoms with Crippen LogP contribution in [-0.2, 0) is 11.2 Å². The number of aliphatic carboxylic acids is 1. The Morgan fingerprint density at radius 1 is 1.23 bits per heavy atom. The highest BCUT2D eigenvalue weighted by atomic mass is 16.5. The van der Waals surface area contributed by atoms with Crippen LogP contribution in [0.1, 0.15) is 24.6 Å². The van der Waals surface area contributed by atoms with Crippen LogP contribution in [0.3, 0.4) is 0 Å². The van der Waals surface area contributed by atoms with E-state index in [1.54, 1.807) is 10.5 Å². The number of ether oxygens (including phenoxy) is 1. The first-order valence-electron chi connectivity index (χ1n) is 8.41. The lowest BCUT2D eigenvalue weighted by atomic mass is 10.3. The SMILES string of the molecule is CCCOc1ccccc1N=Nc1c(CC(=O)O)nc2ccc(C)cn12. The van der Waals surface area contributed by atoms with Gasteiger partial charge < -0.3 is 9.84 Å². The maximum Gasteiger partial charge on any atom is 0.309 e. The Kier molecular flexibility index (Phi) is 5.26. The molecule has 0 atom stereocenters. The largest absolute Gasteiger partial charge is 0.491 e. The Bertz CT molecular complexity index is 963. The van der Waals surface area contributed by atoms with Crippen molar-refractivity contribution >= 4 is 23.1 Å². The van der Waals surface area contributed by atoms with Gasteiger partial charge >= 0.3 is 5.97 Å². The molecular formula is C19H20N4O3. The van der Waals surface area contributed by atoms with Crippen LogP contribution >= 0.6 is 0 Å². The zero-order valence-electron chi connectivity index (χ0n) is 14.7. The average molecular weight is 352 g/mol. The van der Waals surface area contributed by atoms with Gasteiger partial charge in [0.1, 0.15) is 17.1 Å². The standard InChI is InChI=1S/C19H20N4O3/c1-3-10-26-16-7-5-4-6-14(16)21-22-19-15(11-18(24)25)20-17-9-8-13(2)12-23(17)19/h4-9,12H,3,10-11H2,1-2H3,(H,24,25). The van der Waals surface area contributed by atoms with E-state index in [1.807, 2.05) is 50.4 Å². The predicted molar refractivity (Wildman–Crippen MR) is 97.7 cm³/mol. The van der Waals surface area contributed by atoms with Crippen molar-refractivity contribution in [3.05, 3.63) is 53.9 Å². The van der Waals surface area contributed by atoms with Gasteiger partial charge in [-0.05, 0) is 37.1 Å². The molecule has 3 aromatic rings. The summed E-state index contributed by atoms with van der Waals surface area (Å²) in [5, 5.41) is 17.8. The van der Waals surface area contributed by atoms with Gasteiger partial charge in [-0.1, -0.05) is 25.1 Å². The number of aryl methyl sites for hydroxylation is 1. The second kappa shape index (κ2) is 7.77. The number of benzene rings is 1.